The van der Waals surface area contributed by atoms with E-state index in [1.165, 1.54) is 0 Å². The van der Waals surface area contributed by atoms with Crippen LogP contribution in [0.5, 0.6) is 0 Å². The standard InChI is InChI=1S/C3H4N2.CH2O3.2H3N/c1-2-5-3-4-1;2-1(3)4;;/h1-3H,(H,4,5);(H2,2,3,4);2*1H3. The number of rotatable bonds is 0. The van der Waals surface area contributed by atoms with E-state index in [0.717, 1.165) is 0 Å². The number of nitrogens with one attached hydrogen (secondary N) is 1. The Hall–Kier alpha value is -1.60. The lowest BCUT2D eigenvalue weighted by Crippen LogP contribution is -1.81. The average molecular weight is 164 g/mol. The first-order valence-electron chi connectivity index (χ1n) is 2.08. The SMILES string of the molecule is N.N.O=C(O)O.c1c[nH]cn1. The summed E-state index contributed by atoms with van der Waals surface area (Å²) in [7, 11) is 0. The molecule has 0 amide bonds. The van der Waals surface area contributed by atoms with Gasteiger partial charge in [0.05, 0.1) is 6.33 Å². The maximum Gasteiger partial charge on any atom is 0.503 e. The number of hydrogen-bond acceptors (Lipinski definition) is 4. The Labute approximate surface area is 63.3 Å². The summed E-state index contributed by atoms with van der Waals surface area (Å²) in [6.07, 6.45) is 3.25. The number of hydrogen-bond donors (Lipinski definition) is 5. The van der Waals surface area contributed by atoms with Crippen LogP contribution < -0.4 is 12.3 Å². The zero-order valence-corrected chi connectivity index (χ0v) is 5.90. The van der Waals surface area contributed by atoms with E-state index in [2.05, 4.69) is 9.97 Å². The van der Waals surface area contributed by atoms with Crippen LogP contribution in [-0.4, -0.2) is 26.3 Å². The van der Waals surface area contributed by atoms with Gasteiger partial charge in [-0.3, -0.25) is 0 Å². The number of imidazole rings is 1. The highest BCUT2D eigenvalue weighted by molar-refractivity contribution is 5.53. The van der Waals surface area contributed by atoms with Crippen molar-refractivity contribution in [1.29, 1.82) is 0 Å². The van der Waals surface area contributed by atoms with Gasteiger partial charge in [-0.1, -0.05) is 0 Å². The first-order valence-corrected chi connectivity index (χ1v) is 2.08. The molecule has 1 rings (SSSR count). The molecule has 11 heavy (non-hydrogen) atoms. The molecule has 0 saturated heterocycles. The summed E-state index contributed by atoms with van der Waals surface area (Å²) in [5, 5.41) is 13.9. The third-order valence-corrected chi connectivity index (χ3v) is 0.406. The van der Waals surface area contributed by atoms with Gasteiger partial charge in [-0.15, -0.1) is 0 Å². The molecule has 1 aromatic rings. The molecule has 1 heterocycles. The molecule has 7 nitrogen and oxygen atoms in total. The minimum atomic E-state index is -1.83. The molecule has 9 N–H and O–H groups in total. The molecule has 0 atom stereocenters. The van der Waals surface area contributed by atoms with Crippen molar-refractivity contribution >= 4 is 6.16 Å². The third-order valence-electron chi connectivity index (χ3n) is 0.406. The van der Waals surface area contributed by atoms with Crippen LogP contribution in [0.1, 0.15) is 0 Å². The lowest BCUT2D eigenvalue weighted by Gasteiger charge is -1.60. The van der Waals surface area contributed by atoms with Crippen molar-refractivity contribution in [2.24, 2.45) is 0 Å². The molecule has 0 unspecified atom stereocenters. The molecular formula is C4H12N4O3. The second-order valence-electron chi connectivity index (χ2n) is 1.04. The van der Waals surface area contributed by atoms with Crippen molar-refractivity contribution in [2.75, 3.05) is 0 Å². The van der Waals surface area contributed by atoms with Crippen LogP contribution in [0.3, 0.4) is 0 Å². The van der Waals surface area contributed by atoms with E-state index in [-0.39, 0.29) is 12.3 Å². The maximum atomic E-state index is 8.56. The molecule has 1 aromatic heterocycles. The largest absolute Gasteiger partial charge is 0.503 e. The van der Waals surface area contributed by atoms with Crippen molar-refractivity contribution in [1.82, 2.24) is 22.3 Å². The highest BCUT2D eigenvalue weighted by Crippen LogP contribution is 1.62. The Morgan fingerprint density at radius 1 is 1.36 bits per heavy atom. The summed E-state index contributed by atoms with van der Waals surface area (Å²) < 4.78 is 0. The molecule has 0 bridgehead atoms. The number of aromatic nitrogens is 2. The molecule has 0 aromatic carbocycles. The van der Waals surface area contributed by atoms with E-state index in [9.17, 15) is 0 Å². The zero-order valence-electron chi connectivity index (χ0n) is 5.90. The molecule has 0 aliphatic rings. The van der Waals surface area contributed by atoms with Crippen LogP contribution in [0.15, 0.2) is 18.7 Å². The Bertz CT molecular complexity index is 131. The van der Waals surface area contributed by atoms with Crippen molar-refractivity contribution in [2.45, 2.75) is 0 Å². The molecule has 0 aliphatic heterocycles. The highest BCUT2D eigenvalue weighted by Gasteiger charge is 1.70. The summed E-state index contributed by atoms with van der Waals surface area (Å²) in [5.74, 6) is 0. The van der Waals surface area contributed by atoms with Crippen molar-refractivity contribution < 1.29 is 15.0 Å². The minimum absolute atomic E-state index is 0. The Balaban J connectivity index is -0.000000101. The molecule has 66 valence electrons. The molecule has 0 radical (unpaired) electrons. The molecule has 0 spiro atoms. The summed E-state index contributed by atoms with van der Waals surface area (Å²) >= 11 is 0. The third kappa shape index (κ3) is 29.8. The first-order chi connectivity index (χ1) is 4.23. The Morgan fingerprint density at radius 3 is 1.91 bits per heavy atom. The second-order valence-corrected chi connectivity index (χ2v) is 1.04. The zero-order chi connectivity index (χ0) is 7.11. The molecular weight excluding hydrogens is 152 g/mol. The van der Waals surface area contributed by atoms with Gasteiger partial charge in [-0.25, -0.2) is 9.78 Å². The number of aromatic amines is 1. The number of nitrogens with zero attached hydrogens (tertiary/aromatic N) is 1. The monoisotopic (exact) mass is 164 g/mol. The van der Waals surface area contributed by atoms with E-state index in [1.54, 1.807) is 18.7 Å². The van der Waals surface area contributed by atoms with E-state index >= 15 is 0 Å². The summed E-state index contributed by atoms with van der Waals surface area (Å²) in [4.78, 5) is 15.0. The predicted molar refractivity (Wildman–Crippen MR) is 39.3 cm³/mol. The van der Waals surface area contributed by atoms with Crippen LogP contribution in [0, 0.1) is 0 Å². The van der Waals surface area contributed by atoms with Crippen molar-refractivity contribution in [3.8, 4) is 0 Å². The quantitative estimate of drug-likeness (QED) is 0.384. The van der Waals surface area contributed by atoms with Crippen molar-refractivity contribution in [3.63, 3.8) is 0 Å². The highest BCUT2D eigenvalue weighted by atomic mass is 16.6. The fraction of sp³-hybridized carbons (Fsp3) is 0. The van der Waals surface area contributed by atoms with Gasteiger partial charge >= 0.3 is 6.16 Å². The molecule has 0 fully saturated rings. The fourth-order valence-electron chi connectivity index (χ4n) is 0.215. The maximum absolute atomic E-state index is 8.56. The second kappa shape index (κ2) is 11.2. The van der Waals surface area contributed by atoms with Gasteiger partial charge in [-0.05, 0) is 0 Å². The summed E-state index contributed by atoms with van der Waals surface area (Å²) in [5.41, 5.74) is 0. The van der Waals surface area contributed by atoms with E-state index in [1.807, 2.05) is 0 Å². The van der Waals surface area contributed by atoms with Gasteiger partial charge in [0.1, 0.15) is 0 Å². The molecule has 0 aliphatic carbocycles. The van der Waals surface area contributed by atoms with Crippen LogP contribution in [-0.2, 0) is 0 Å². The van der Waals surface area contributed by atoms with Crippen LogP contribution in [0.4, 0.5) is 4.79 Å². The summed E-state index contributed by atoms with van der Waals surface area (Å²) in [6.45, 7) is 0. The van der Waals surface area contributed by atoms with E-state index in [4.69, 9.17) is 15.0 Å². The van der Waals surface area contributed by atoms with Crippen LogP contribution in [0.2, 0.25) is 0 Å². The first kappa shape index (κ1) is 16.2. The number of carboxylic acid groups (broad SMARTS) is 2. The normalized spacial score (nSPS) is 5.82. The topological polar surface area (TPSA) is 156 Å². The Morgan fingerprint density at radius 2 is 1.82 bits per heavy atom. The van der Waals surface area contributed by atoms with Crippen LogP contribution in [0.25, 0.3) is 0 Å². The van der Waals surface area contributed by atoms with Crippen LogP contribution >= 0.6 is 0 Å². The number of H-pyrrole nitrogens is 1. The van der Waals surface area contributed by atoms with E-state index in [0.29, 0.717) is 0 Å². The van der Waals surface area contributed by atoms with E-state index < -0.39 is 6.16 Å². The van der Waals surface area contributed by atoms with Gasteiger partial charge in [-0.2, -0.15) is 0 Å². The lowest BCUT2D eigenvalue weighted by atomic mass is 11.0. The lowest BCUT2D eigenvalue weighted by molar-refractivity contribution is 0.137. The number of carbonyl (C=O) groups is 1. The predicted octanol–water partition coefficient (Wildman–Crippen LogP) is 0.956. The fourth-order valence-corrected chi connectivity index (χ4v) is 0.215. The van der Waals surface area contributed by atoms with Gasteiger partial charge < -0.3 is 27.5 Å². The van der Waals surface area contributed by atoms with Gasteiger partial charge in [0.2, 0.25) is 0 Å². The van der Waals surface area contributed by atoms with Gasteiger partial charge in [0.15, 0.2) is 0 Å². The van der Waals surface area contributed by atoms with Crippen molar-refractivity contribution in [3.05, 3.63) is 18.7 Å². The summed E-state index contributed by atoms with van der Waals surface area (Å²) in [6, 6.07) is 0. The smallest absolute Gasteiger partial charge is 0.450 e. The average Bonchev–Trinajstić information content (AvgIpc) is 2.11. The minimum Gasteiger partial charge on any atom is -0.450 e. The molecule has 7 heteroatoms. The van der Waals surface area contributed by atoms with Gasteiger partial charge in [0.25, 0.3) is 0 Å². The Kier molecular flexibility index (Phi) is 16.5. The van der Waals surface area contributed by atoms with Gasteiger partial charge in [0, 0.05) is 12.4 Å². The molecule has 0 saturated carbocycles.